The highest BCUT2D eigenvalue weighted by Gasteiger charge is 2.25. The molecule has 0 spiro atoms. The van der Waals surface area contributed by atoms with Crippen LogP contribution < -0.4 is 14.5 Å². The Labute approximate surface area is 190 Å². The van der Waals surface area contributed by atoms with Crippen molar-refractivity contribution in [3.63, 3.8) is 0 Å². The lowest BCUT2D eigenvalue weighted by Crippen LogP contribution is -2.26. The lowest BCUT2D eigenvalue weighted by Gasteiger charge is -2.17. The zero-order chi connectivity index (χ0) is 22.7. The fourth-order valence-corrected chi connectivity index (χ4v) is 4.27. The summed E-state index contributed by atoms with van der Waals surface area (Å²) >= 11 is 1.41. The number of carbonyl (C=O) groups is 1. The lowest BCUT2D eigenvalue weighted by atomic mass is 10.1. The molecule has 0 aliphatic carbocycles. The van der Waals surface area contributed by atoms with Gasteiger partial charge in [-0.2, -0.15) is 10.1 Å². The Hall–Kier alpha value is -3.71. The summed E-state index contributed by atoms with van der Waals surface area (Å²) in [5, 5.41) is 6.32. The Bertz CT molecular complexity index is 1300. The Kier molecular flexibility index (Phi) is 6.18. The molecule has 0 saturated heterocycles. The van der Waals surface area contributed by atoms with Crippen molar-refractivity contribution in [2.45, 2.75) is 13.8 Å². The summed E-state index contributed by atoms with van der Waals surface area (Å²) in [5.41, 5.74) is 4.31. The highest BCUT2D eigenvalue weighted by atomic mass is 32.1. The van der Waals surface area contributed by atoms with Crippen molar-refractivity contribution in [2.75, 3.05) is 19.2 Å². The number of hydrazone groups is 1. The molecule has 0 fully saturated rings. The van der Waals surface area contributed by atoms with Gasteiger partial charge in [-0.15, -0.1) is 0 Å². The first-order valence-corrected chi connectivity index (χ1v) is 10.8. The van der Waals surface area contributed by atoms with Crippen molar-refractivity contribution in [1.82, 2.24) is 4.98 Å². The van der Waals surface area contributed by atoms with Crippen LogP contribution in [0.1, 0.15) is 27.0 Å². The number of aryl methyl sites for hydroxylation is 2. The number of benzene rings is 3. The van der Waals surface area contributed by atoms with Gasteiger partial charge >= 0.3 is 0 Å². The van der Waals surface area contributed by atoms with Crippen LogP contribution in [0.5, 0.6) is 11.5 Å². The standard InChI is InChI=1S/C25H23N3O3S/c1-16-8-11-18(12-9-16)15-26-28(25-27-20-13-10-17(2)14-22(20)32-25)24(29)19-6-5-7-21(30-3)23(19)31-4/h5-15H,1-4H3/b26-15+. The molecule has 0 bridgehead atoms. The quantitative estimate of drug-likeness (QED) is 0.286. The van der Waals surface area contributed by atoms with E-state index in [-0.39, 0.29) is 5.91 Å². The molecule has 1 amide bonds. The number of thiazole rings is 1. The lowest BCUT2D eigenvalue weighted by molar-refractivity contribution is 0.0984. The number of fused-ring (bicyclic) bond motifs is 1. The van der Waals surface area contributed by atoms with Crippen LogP contribution in [0.2, 0.25) is 0 Å². The monoisotopic (exact) mass is 445 g/mol. The van der Waals surface area contributed by atoms with Crippen molar-refractivity contribution < 1.29 is 14.3 Å². The van der Waals surface area contributed by atoms with Crippen LogP contribution in [-0.4, -0.2) is 31.3 Å². The molecule has 32 heavy (non-hydrogen) atoms. The van der Waals surface area contributed by atoms with Gasteiger partial charge in [0.25, 0.3) is 5.91 Å². The van der Waals surface area contributed by atoms with Crippen molar-refractivity contribution in [1.29, 1.82) is 0 Å². The van der Waals surface area contributed by atoms with E-state index in [4.69, 9.17) is 9.47 Å². The third kappa shape index (κ3) is 4.33. The molecule has 0 atom stereocenters. The highest BCUT2D eigenvalue weighted by molar-refractivity contribution is 7.22. The summed E-state index contributed by atoms with van der Waals surface area (Å²) in [6.07, 6.45) is 1.65. The summed E-state index contributed by atoms with van der Waals surface area (Å²) < 4.78 is 11.8. The SMILES string of the molecule is COc1cccc(C(=O)N(/N=C/c2ccc(C)cc2)c2nc3ccc(C)cc3s2)c1OC. The van der Waals surface area contributed by atoms with Gasteiger partial charge in [0.15, 0.2) is 11.5 Å². The molecule has 1 heterocycles. The molecule has 1 aromatic heterocycles. The van der Waals surface area contributed by atoms with Gasteiger partial charge in [-0.3, -0.25) is 4.79 Å². The van der Waals surface area contributed by atoms with Crippen LogP contribution in [0.25, 0.3) is 10.2 Å². The second-order valence-corrected chi connectivity index (χ2v) is 8.29. The number of para-hydroxylation sites is 1. The van der Waals surface area contributed by atoms with Gasteiger partial charge in [0.1, 0.15) is 0 Å². The normalized spacial score (nSPS) is 11.1. The summed E-state index contributed by atoms with van der Waals surface area (Å²) in [5.74, 6) is 0.466. The number of methoxy groups -OCH3 is 2. The van der Waals surface area contributed by atoms with Crippen LogP contribution >= 0.6 is 11.3 Å². The molecule has 162 valence electrons. The number of anilines is 1. The van der Waals surface area contributed by atoms with E-state index in [1.807, 2.05) is 50.2 Å². The molecule has 0 radical (unpaired) electrons. The molecule has 4 rings (SSSR count). The third-order valence-electron chi connectivity index (χ3n) is 4.94. The Morgan fingerprint density at radius 3 is 2.47 bits per heavy atom. The molecule has 0 aliphatic heterocycles. The van der Waals surface area contributed by atoms with E-state index in [2.05, 4.69) is 16.2 Å². The predicted octanol–water partition coefficient (Wildman–Crippen LogP) is 5.61. The minimum Gasteiger partial charge on any atom is -0.493 e. The van der Waals surface area contributed by atoms with E-state index in [9.17, 15) is 4.79 Å². The van der Waals surface area contributed by atoms with Crippen molar-refractivity contribution in [3.05, 3.63) is 82.9 Å². The smallest absolute Gasteiger partial charge is 0.284 e. The van der Waals surface area contributed by atoms with Crippen molar-refractivity contribution in [3.8, 4) is 11.5 Å². The molecule has 6 nitrogen and oxygen atoms in total. The number of rotatable bonds is 6. The number of aromatic nitrogens is 1. The molecule has 0 unspecified atom stereocenters. The maximum Gasteiger partial charge on any atom is 0.284 e. The average Bonchev–Trinajstić information content (AvgIpc) is 3.22. The van der Waals surface area contributed by atoms with Crippen LogP contribution in [-0.2, 0) is 0 Å². The van der Waals surface area contributed by atoms with Crippen molar-refractivity contribution in [2.24, 2.45) is 5.10 Å². The Balaban J connectivity index is 1.81. The van der Waals surface area contributed by atoms with E-state index in [1.54, 1.807) is 24.4 Å². The minimum atomic E-state index is -0.361. The van der Waals surface area contributed by atoms with Crippen molar-refractivity contribution >= 4 is 38.8 Å². The van der Waals surface area contributed by atoms with Gasteiger partial charge in [0, 0.05) is 0 Å². The summed E-state index contributed by atoms with van der Waals surface area (Å²) in [6, 6.07) is 19.1. The second-order valence-electron chi connectivity index (χ2n) is 7.28. The molecule has 3 aromatic carbocycles. The van der Waals surface area contributed by atoms with Crippen LogP contribution in [0, 0.1) is 13.8 Å². The van der Waals surface area contributed by atoms with Gasteiger partial charge in [-0.25, -0.2) is 4.98 Å². The van der Waals surface area contributed by atoms with Gasteiger partial charge in [-0.1, -0.05) is 53.3 Å². The highest BCUT2D eigenvalue weighted by Crippen LogP contribution is 2.35. The molecule has 0 aliphatic rings. The number of carbonyl (C=O) groups excluding carboxylic acids is 1. The van der Waals surface area contributed by atoms with Crippen LogP contribution in [0.4, 0.5) is 5.13 Å². The number of amides is 1. The van der Waals surface area contributed by atoms with Crippen LogP contribution in [0.3, 0.4) is 0 Å². The molecule has 7 heteroatoms. The largest absolute Gasteiger partial charge is 0.493 e. The summed E-state index contributed by atoms with van der Waals surface area (Å²) in [6.45, 7) is 4.05. The van der Waals surface area contributed by atoms with E-state index >= 15 is 0 Å². The fraction of sp³-hybridized carbons (Fsp3) is 0.160. The van der Waals surface area contributed by atoms with Gasteiger partial charge in [0.05, 0.1) is 36.2 Å². The number of ether oxygens (including phenoxy) is 2. The molecule has 0 N–H and O–H groups in total. The van der Waals surface area contributed by atoms with E-state index in [0.29, 0.717) is 22.2 Å². The third-order valence-corrected chi connectivity index (χ3v) is 5.93. The first-order valence-electron chi connectivity index (χ1n) is 10.0. The Morgan fingerprint density at radius 2 is 1.75 bits per heavy atom. The molecular formula is C25H23N3O3S. The van der Waals surface area contributed by atoms with E-state index < -0.39 is 0 Å². The van der Waals surface area contributed by atoms with Gasteiger partial charge in [0.2, 0.25) is 5.13 Å². The second kappa shape index (κ2) is 9.20. The average molecular weight is 446 g/mol. The summed E-state index contributed by atoms with van der Waals surface area (Å²) in [4.78, 5) is 18.3. The zero-order valence-corrected chi connectivity index (χ0v) is 19.1. The maximum atomic E-state index is 13.7. The van der Waals surface area contributed by atoms with Crippen LogP contribution in [0.15, 0.2) is 65.8 Å². The number of hydrogen-bond acceptors (Lipinski definition) is 6. The number of hydrogen-bond donors (Lipinski definition) is 0. The predicted molar refractivity (Wildman–Crippen MR) is 129 cm³/mol. The first kappa shape index (κ1) is 21.5. The molecule has 4 aromatic rings. The Morgan fingerprint density at radius 1 is 1.00 bits per heavy atom. The van der Waals surface area contributed by atoms with Gasteiger partial charge < -0.3 is 9.47 Å². The summed E-state index contributed by atoms with van der Waals surface area (Å²) in [7, 11) is 3.05. The number of nitrogens with zero attached hydrogens (tertiary/aromatic N) is 3. The fourth-order valence-electron chi connectivity index (χ4n) is 3.25. The first-order chi connectivity index (χ1) is 15.5. The van der Waals surface area contributed by atoms with E-state index in [0.717, 1.165) is 26.9 Å². The maximum absolute atomic E-state index is 13.7. The molecule has 0 saturated carbocycles. The molecular weight excluding hydrogens is 422 g/mol. The van der Waals surface area contributed by atoms with Gasteiger partial charge in [-0.05, 0) is 49.2 Å². The minimum absolute atomic E-state index is 0.336. The van der Waals surface area contributed by atoms with E-state index in [1.165, 1.54) is 30.6 Å². The topological polar surface area (TPSA) is 64.0 Å². The zero-order valence-electron chi connectivity index (χ0n) is 18.3.